The minimum Gasteiger partial charge on any atom is -0.508 e. The fraction of sp³-hybridized carbons (Fsp3) is 0.391. The average Bonchev–Trinajstić information content (AvgIpc) is 3.19. The molecule has 2 atom stereocenters. The maximum absolute atomic E-state index is 9.79. The number of likely N-dealkylation sites (tertiary alicyclic amines) is 1. The number of nitrogens with zero attached hydrogens (tertiary/aromatic N) is 2. The number of likely N-dealkylation sites (N-methyl/N-ethyl adjacent to an activating group) is 1. The highest BCUT2D eigenvalue weighted by Crippen LogP contribution is 2.33. The summed E-state index contributed by atoms with van der Waals surface area (Å²) in [6.07, 6.45) is 0. The van der Waals surface area contributed by atoms with Gasteiger partial charge in [0.1, 0.15) is 5.75 Å². The first-order valence-corrected chi connectivity index (χ1v) is 9.68. The molecule has 1 aromatic heterocycles. The Morgan fingerprint density at radius 3 is 2.52 bits per heavy atom. The molecule has 2 aromatic carbocycles. The highest BCUT2D eigenvalue weighted by atomic mass is 16.3. The van der Waals surface area contributed by atoms with Crippen molar-refractivity contribution in [1.82, 2.24) is 14.8 Å². The van der Waals surface area contributed by atoms with Crippen LogP contribution in [0.25, 0.3) is 10.9 Å². The second-order valence-electron chi connectivity index (χ2n) is 8.20. The molecule has 4 nitrogen and oxygen atoms in total. The van der Waals surface area contributed by atoms with Crippen molar-refractivity contribution in [2.75, 3.05) is 27.2 Å². The Hall–Kier alpha value is -2.30. The van der Waals surface area contributed by atoms with Crippen molar-refractivity contribution >= 4 is 10.9 Å². The van der Waals surface area contributed by atoms with Crippen molar-refractivity contribution in [2.24, 2.45) is 0 Å². The van der Waals surface area contributed by atoms with E-state index in [0.717, 1.165) is 30.5 Å². The van der Waals surface area contributed by atoms with Gasteiger partial charge in [0.25, 0.3) is 0 Å². The fourth-order valence-electron chi connectivity index (χ4n) is 4.41. The van der Waals surface area contributed by atoms with E-state index in [2.05, 4.69) is 67.0 Å². The van der Waals surface area contributed by atoms with Gasteiger partial charge in [0.15, 0.2) is 0 Å². The Labute approximate surface area is 161 Å². The fourth-order valence-corrected chi connectivity index (χ4v) is 4.41. The van der Waals surface area contributed by atoms with Gasteiger partial charge in [-0.15, -0.1) is 0 Å². The predicted molar refractivity (Wildman–Crippen MR) is 111 cm³/mol. The van der Waals surface area contributed by atoms with Crippen molar-refractivity contribution in [3.05, 3.63) is 64.8 Å². The number of phenolic OH excluding ortho intramolecular Hbond substituents is 1. The molecule has 2 heterocycles. The van der Waals surface area contributed by atoms with Crippen molar-refractivity contribution in [3.63, 3.8) is 0 Å². The number of aromatic amines is 1. The molecule has 142 valence electrons. The summed E-state index contributed by atoms with van der Waals surface area (Å²) >= 11 is 0. The van der Waals surface area contributed by atoms with Gasteiger partial charge in [-0.3, -0.25) is 4.90 Å². The first kappa shape index (κ1) is 18.1. The number of nitrogens with one attached hydrogen (secondary N) is 1. The van der Waals surface area contributed by atoms with Crippen LogP contribution in [0.15, 0.2) is 42.5 Å². The third kappa shape index (κ3) is 3.47. The zero-order valence-electron chi connectivity index (χ0n) is 16.7. The van der Waals surface area contributed by atoms with E-state index in [1.165, 1.54) is 22.4 Å². The smallest absolute Gasteiger partial charge is 0.116 e. The Balaban J connectivity index is 1.58. The maximum atomic E-state index is 9.79. The lowest BCUT2D eigenvalue weighted by Crippen LogP contribution is -2.34. The molecule has 1 aliphatic rings. The van der Waals surface area contributed by atoms with Gasteiger partial charge in [0, 0.05) is 48.2 Å². The Kier molecular flexibility index (Phi) is 4.70. The van der Waals surface area contributed by atoms with Gasteiger partial charge < -0.3 is 15.0 Å². The van der Waals surface area contributed by atoms with E-state index in [4.69, 9.17) is 0 Å². The zero-order valence-corrected chi connectivity index (χ0v) is 16.7. The number of phenols is 1. The predicted octanol–water partition coefficient (Wildman–Crippen LogP) is 4.02. The van der Waals surface area contributed by atoms with E-state index < -0.39 is 0 Å². The summed E-state index contributed by atoms with van der Waals surface area (Å²) in [6.45, 7) is 7.32. The van der Waals surface area contributed by atoms with Crippen molar-refractivity contribution in [1.29, 1.82) is 0 Å². The Morgan fingerprint density at radius 1 is 1.07 bits per heavy atom. The molecule has 0 radical (unpaired) electrons. The summed E-state index contributed by atoms with van der Waals surface area (Å²) in [6, 6.07) is 15.1. The molecule has 4 rings (SSSR count). The van der Waals surface area contributed by atoms with Crippen LogP contribution < -0.4 is 0 Å². The van der Waals surface area contributed by atoms with Crippen LogP contribution in [0.5, 0.6) is 5.75 Å². The first-order valence-electron chi connectivity index (χ1n) is 9.68. The summed E-state index contributed by atoms with van der Waals surface area (Å²) in [7, 11) is 4.37. The van der Waals surface area contributed by atoms with E-state index in [1.54, 1.807) is 6.07 Å². The second kappa shape index (κ2) is 7.02. The largest absolute Gasteiger partial charge is 0.508 e. The number of rotatable bonds is 4. The Morgan fingerprint density at radius 2 is 1.81 bits per heavy atom. The molecule has 1 saturated heterocycles. The molecule has 0 spiro atoms. The van der Waals surface area contributed by atoms with Gasteiger partial charge in [0.05, 0.1) is 0 Å². The second-order valence-corrected chi connectivity index (χ2v) is 8.20. The van der Waals surface area contributed by atoms with Crippen LogP contribution in [-0.2, 0) is 6.54 Å². The minimum absolute atomic E-state index is 0.324. The van der Waals surface area contributed by atoms with Gasteiger partial charge in [0.2, 0.25) is 0 Å². The summed E-state index contributed by atoms with van der Waals surface area (Å²) in [5, 5.41) is 10.9. The third-order valence-corrected chi connectivity index (χ3v) is 6.06. The molecule has 2 unspecified atom stereocenters. The van der Waals surface area contributed by atoms with Gasteiger partial charge in [-0.2, -0.15) is 0 Å². The van der Waals surface area contributed by atoms with Crippen LogP contribution in [0, 0.1) is 13.8 Å². The van der Waals surface area contributed by atoms with Crippen LogP contribution in [0.2, 0.25) is 0 Å². The number of fused-ring (bicyclic) bond motifs is 1. The van der Waals surface area contributed by atoms with Crippen molar-refractivity contribution < 1.29 is 5.11 Å². The van der Waals surface area contributed by atoms with E-state index in [1.807, 2.05) is 12.1 Å². The highest BCUT2D eigenvalue weighted by Gasteiger charge is 2.35. The molecule has 4 heteroatoms. The number of aromatic nitrogens is 1. The topological polar surface area (TPSA) is 42.5 Å². The third-order valence-electron chi connectivity index (χ3n) is 6.06. The Bertz CT molecular complexity index is 942. The van der Waals surface area contributed by atoms with Gasteiger partial charge in [-0.05, 0) is 57.3 Å². The van der Waals surface area contributed by atoms with Crippen LogP contribution in [0.1, 0.15) is 28.3 Å². The van der Waals surface area contributed by atoms with E-state index in [0.29, 0.717) is 17.7 Å². The van der Waals surface area contributed by atoms with E-state index in [9.17, 15) is 5.11 Å². The summed E-state index contributed by atoms with van der Waals surface area (Å²) in [4.78, 5) is 8.47. The lowest BCUT2D eigenvalue weighted by molar-refractivity contribution is 0.258. The summed E-state index contributed by atoms with van der Waals surface area (Å²) in [5.74, 6) is 0.846. The SMILES string of the molecule is Cc1ccc(C2CN(Cc3[nH]c4ccc(O)cc4c3C)CC2N(C)C)cc1. The van der Waals surface area contributed by atoms with Crippen molar-refractivity contribution in [2.45, 2.75) is 32.4 Å². The number of hydrogen-bond acceptors (Lipinski definition) is 3. The lowest BCUT2D eigenvalue weighted by atomic mass is 9.93. The van der Waals surface area contributed by atoms with Crippen LogP contribution in [-0.4, -0.2) is 53.1 Å². The summed E-state index contributed by atoms with van der Waals surface area (Å²) < 4.78 is 0. The number of aryl methyl sites for hydroxylation is 2. The molecule has 0 aliphatic carbocycles. The first-order chi connectivity index (χ1) is 12.9. The molecule has 0 amide bonds. The van der Waals surface area contributed by atoms with Gasteiger partial charge >= 0.3 is 0 Å². The number of benzene rings is 2. The van der Waals surface area contributed by atoms with Crippen molar-refractivity contribution in [3.8, 4) is 5.75 Å². The molecule has 0 bridgehead atoms. The van der Waals surface area contributed by atoms with Gasteiger partial charge in [-0.25, -0.2) is 0 Å². The quantitative estimate of drug-likeness (QED) is 0.736. The number of H-pyrrole nitrogens is 1. The summed E-state index contributed by atoms with van der Waals surface area (Å²) in [5.41, 5.74) is 6.32. The molecule has 1 fully saturated rings. The average molecular weight is 364 g/mol. The molecular weight excluding hydrogens is 334 g/mol. The van der Waals surface area contributed by atoms with E-state index >= 15 is 0 Å². The maximum Gasteiger partial charge on any atom is 0.116 e. The van der Waals surface area contributed by atoms with E-state index in [-0.39, 0.29) is 0 Å². The minimum atomic E-state index is 0.324. The number of hydrogen-bond donors (Lipinski definition) is 2. The number of aromatic hydroxyl groups is 1. The molecule has 0 saturated carbocycles. The highest BCUT2D eigenvalue weighted by molar-refractivity contribution is 5.85. The lowest BCUT2D eigenvalue weighted by Gasteiger charge is -2.25. The zero-order chi connectivity index (χ0) is 19.1. The molecule has 2 N–H and O–H groups in total. The van der Waals surface area contributed by atoms with Crippen LogP contribution in [0.3, 0.4) is 0 Å². The molecular formula is C23H29N3O. The van der Waals surface area contributed by atoms with Crippen LogP contribution >= 0.6 is 0 Å². The molecule has 3 aromatic rings. The standard InChI is InChI=1S/C23H29N3O/c1-15-5-7-17(8-6-15)20-12-26(14-23(20)25(3)4)13-22-16(2)19-11-18(27)9-10-21(19)24-22/h5-11,20,23-24,27H,12-14H2,1-4H3. The molecule has 1 aliphatic heterocycles. The normalized spacial score (nSPS) is 20.8. The van der Waals surface area contributed by atoms with Crippen LogP contribution in [0.4, 0.5) is 0 Å². The monoisotopic (exact) mass is 363 g/mol. The molecule has 27 heavy (non-hydrogen) atoms. The van der Waals surface area contributed by atoms with Gasteiger partial charge in [-0.1, -0.05) is 29.8 Å².